The molecular weight excluding hydrogens is 407 g/mol. The number of likely N-dealkylation sites (N-methyl/N-ethyl adjacent to an activating group) is 1. The van der Waals surface area contributed by atoms with Crippen LogP contribution in [0.2, 0.25) is 0 Å². The van der Waals surface area contributed by atoms with Gasteiger partial charge in [0.1, 0.15) is 11.9 Å². The molecule has 0 spiro atoms. The monoisotopic (exact) mass is 443 g/mol. The molecule has 1 unspecified atom stereocenters. The van der Waals surface area contributed by atoms with E-state index in [4.69, 9.17) is 4.74 Å². The predicted octanol–water partition coefficient (Wildman–Crippen LogP) is 3.06. The first-order chi connectivity index (χ1) is 14.8. The molecule has 1 heterocycles. The van der Waals surface area contributed by atoms with Crippen molar-refractivity contribution in [3.63, 3.8) is 0 Å². The smallest absolute Gasteiger partial charge is 0.416 e. The van der Waals surface area contributed by atoms with Crippen LogP contribution in [-0.2, 0) is 6.18 Å². The van der Waals surface area contributed by atoms with Crippen LogP contribution >= 0.6 is 0 Å². The first kappa shape index (κ1) is 25.3. The first-order valence-corrected chi connectivity index (χ1v) is 11.0. The summed E-state index contributed by atoms with van der Waals surface area (Å²) in [4.78, 5) is 9.08. The van der Waals surface area contributed by atoms with Gasteiger partial charge in [0.15, 0.2) is 5.96 Å². The standard InChI is InChI=1S/C22H36F3N5O/c1-4-19(31-20-9-7-8-18(16-20)22(23,24)25)17-28-21(26-2)27-10-5-6-11-30-14-12-29(3)13-15-30/h7-9,16,19H,4-6,10-15,17H2,1-3H3,(H2,26,27,28). The fourth-order valence-electron chi connectivity index (χ4n) is 3.38. The Morgan fingerprint density at radius 1 is 1.16 bits per heavy atom. The van der Waals surface area contributed by atoms with Crippen LogP contribution in [0.3, 0.4) is 0 Å². The van der Waals surface area contributed by atoms with E-state index >= 15 is 0 Å². The van der Waals surface area contributed by atoms with Crippen LogP contribution in [0.15, 0.2) is 29.3 Å². The van der Waals surface area contributed by atoms with E-state index in [1.807, 2.05) is 6.92 Å². The van der Waals surface area contributed by atoms with Crippen molar-refractivity contribution in [2.75, 3.05) is 59.9 Å². The van der Waals surface area contributed by atoms with Crippen LogP contribution < -0.4 is 15.4 Å². The minimum Gasteiger partial charge on any atom is -0.489 e. The van der Waals surface area contributed by atoms with Crippen molar-refractivity contribution in [2.24, 2.45) is 4.99 Å². The van der Waals surface area contributed by atoms with E-state index in [2.05, 4.69) is 32.5 Å². The second-order valence-electron chi connectivity index (χ2n) is 7.91. The van der Waals surface area contributed by atoms with Gasteiger partial charge in [0.25, 0.3) is 0 Å². The van der Waals surface area contributed by atoms with E-state index in [9.17, 15) is 13.2 Å². The highest BCUT2D eigenvalue weighted by molar-refractivity contribution is 5.79. The minimum atomic E-state index is -4.38. The number of ether oxygens (including phenoxy) is 1. The quantitative estimate of drug-likeness (QED) is 0.331. The van der Waals surface area contributed by atoms with Gasteiger partial charge in [-0.25, -0.2) is 0 Å². The first-order valence-electron chi connectivity index (χ1n) is 11.0. The van der Waals surface area contributed by atoms with Gasteiger partial charge >= 0.3 is 6.18 Å². The van der Waals surface area contributed by atoms with Gasteiger partial charge in [-0.2, -0.15) is 13.2 Å². The maximum atomic E-state index is 12.9. The lowest BCUT2D eigenvalue weighted by atomic mass is 10.2. The fraction of sp³-hybridized carbons (Fsp3) is 0.682. The molecule has 1 aliphatic rings. The molecule has 0 aliphatic carbocycles. The largest absolute Gasteiger partial charge is 0.489 e. The maximum Gasteiger partial charge on any atom is 0.416 e. The van der Waals surface area contributed by atoms with Gasteiger partial charge < -0.3 is 25.2 Å². The number of hydrogen-bond donors (Lipinski definition) is 2. The summed E-state index contributed by atoms with van der Waals surface area (Å²) in [7, 11) is 3.86. The summed E-state index contributed by atoms with van der Waals surface area (Å²) in [5, 5.41) is 6.50. The average molecular weight is 444 g/mol. The van der Waals surface area contributed by atoms with Crippen LogP contribution in [0.25, 0.3) is 0 Å². The molecule has 2 N–H and O–H groups in total. The van der Waals surface area contributed by atoms with Crippen LogP contribution in [0.4, 0.5) is 13.2 Å². The van der Waals surface area contributed by atoms with E-state index in [-0.39, 0.29) is 11.9 Å². The van der Waals surface area contributed by atoms with Gasteiger partial charge in [-0.05, 0) is 51.1 Å². The Balaban J connectivity index is 1.68. The molecule has 1 saturated heterocycles. The molecule has 0 amide bonds. The second-order valence-corrected chi connectivity index (χ2v) is 7.91. The van der Waals surface area contributed by atoms with Crippen molar-refractivity contribution in [3.05, 3.63) is 29.8 Å². The molecule has 1 fully saturated rings. The Morgan fingerprint density at radius 3 is 2.55 bits per heavy atom. The molecule has 1 atom stereocenters. The van der Waals surface area contributed by atoms with Crippen LogP contribution in [0.5, 0.6) is 5.75 Å². The normalized spacial score (nSPS) is 17.4. The van der Waals surface area contributed by atoms with Gasteiger partial charge in [0.2, 0.25) is 0 Å². The second kappa shape index (κ2) is 12.8. The van der Waals surface area contributed by atoms with Crippen molar-refractivity contribution in [1.82, 2.24) is 20.4 Å². The average Bonchev–Trinajstić information content (AvgIpc) is 2.75. The van der Waals surface area contributed by atoms with Gasteiger partial charge in [0.05, 0.1) is 12.1 Å². The summed E-state index contributed by atoms with van der Waals surface area (Å²) < 4.78 is 44.4. The Labute approximate surface area is 183 Å². The molecule has 176 valence electrons. The Morgan fingerprint density at radius 2 is 1.90 bits per heavy atom. The van der Waals surface area contributed by atoms with E-state index in [1.165, 1.54) is 6.07 Å². The number of benzene rings is 1. The number of nitrogens with zero attached hydrogens (tertiary/aromatic N) is 3. The van der Waals surface area contributed by atoms with Crippen molar-refractivity contribution in [3.8, 4) is 5.75 Å². The van der Waals surface area contributed by atoms with Gasteiger partial charge in [-0.15, -0.1) is 0 Å². The highest BCUT2D eigenvalue weighted by Crippen LogP contribution is 2.31. The molecule has 1 aromatic rings. The zero-order chi connectivity index (χ0) is 22.7. The van der Waals surface area contributed by atoms with Crippen molar-refractivity contribution < 1.29 is 17.9 Å². The molecule has 0 bridgehead atoms. The highest BCUT2D eigenvalue weighted by Gasteiger charge is 2.30. The zero-order valence-corrected chi connectivity index (χ0v) is 18.8. The number of guanidine groups is 1. The molecule has 0 saturated carbocycles. The molecule has 31 heavy (non-hydrogen) atoms. The molecule has 1 aliphatic heterocycles. The number of unbranched alkanes of at least 4 members (excludes halogenated alkanes) is 1. The zero-order valence-electron chi connectivity index (χ0n) is 18.8. The van der Waals surface area contributed by atoms with E-state index in [0.717, 1.165) is 64.2 Å². The topological polar surface area (TPSA) is 52.1 Å². The Hall–Kier alpha value is -2.00. The fourth-order valence-corrected chi connectivity index (χ4v) is 3.38. The van der Waals surface area contributed by atoms with Crippen molar-refractivity contribution in [1.29, 1.82) is 0 Å². The third-order valence-electron chi connectivity index (χ3n) is 5.43. The third-order valence-corrected chi connectivity index (χ3v) is 5.43. The maximum absolute atomic E-state index is 12.9. The molecule has 2 rings (SSSR count). The third kappa shape index (κ3) is 9.35. The minimum absolute atomic E-state index is 0.218. The van der Waals surface area contributed by atoms with Gasteiger partial charge in [0, 0.05) is 39.8 Å². The summed E-state index contributed by atoms with van der Waals surface area (Å²) in [5.74, 6) is 0.890. The molecule has 0 aromatic heterocycles. The van der Waals surface area contributed by atoms with Gasteiger partial charge in [-0.1, -0.05) is 13.0 Å². The lowest BCUT2D eigenvalue weighted by Gasteiger charge is -2.32. The molecule has 1 aromatic carbocycles. The summed E-state index contributed by atoms with van der Waals surface area (Å²) in [6.07, 6.45) is -1.81. The summed E-state index contributed by atoms with van der Waals surface area (Å²) in [5.41, 5.74) is -0.707. The molecular formula is C22H36F3N5O. The number of hydrogen-bond acceptors (Lipinski definition) is 4. The Kier molecular flexibility index (Phi) is 10.4. The number of aliphatic imine (C=N–C) groups is 1. The number of nitrogens with one attached hydrogen (secondary N) is 2. The Bertz CT molecular complexity index is 675. The van der Waals surface area contributed by atoms with Crippen molar-refractivity contribution >= 4 is 5.96 Å². The molecule has 9 heteroatoms. The number of rotatable bonds is 10. The number of alkyl halides is 3. The van der Waals surface area contributed by atoms with E-state index in [0.29, 0.717) is 18.9 Å². The summed E-state index contributed by atoms with van der Waals surface area (Å²) in [6, 6.07) is 4.99. The summed E-state index contributed by atoms with van der Waals surface area (Å²) >= 11 is 0. The summed E-state index contributed by atoms with van der Waals surface area (Å²) in [6.45, 7) is 8.87. The van der Waals surface area contributed by atoms with E-state index in [1.54, 1.807) is 13.1 Å². The number of halogens is 3. The van der Waals surface area contributed by atoms with Gasteiger partial charge in [-0.3, -0.25) is 4.99 Å². The molecule has 6 nitrogen and oxygen atoms in total. The highest BCUT2D eigenvalue weighted by atomic mass is 19.4. The lowest BCUT2D eigenvalue weighted by molar-refractivity contribution is -0.137. The van der Waals surface area contributed by atoms with Crippen LogP contribution in [0, 0.1) is 0 Å². The number of piperazine rings is 1. The van der Waals surface area contributed by atoms with Crippen LogP contribution in [-0.4, -0.2) is 81.8 Å². The molecule has 0 radical (unpaired) electrons. The van der Waals surface area contributed by atoms with Crippen LogP contribution in [0.1, 0.15) is 31.7 Å². The SMILES string of the molecule is CCC(CNC(=NC)NCCCCN1CCN(C)CC1)Oc1cccc(C(F)(F)F)c1. The lowest BCUT2D eigenvalue weighted by Crippen LogP contribution is -2.45. The van der Waals surface area contributed by atoms with Crippen molar-refractivity contribution in [2.45, 2.75) is 38.5 Å². The predicted molar refractivity (Wildman–Crippen MR) is 119 cm³/mol. The van der Waals surface area contributed by atoms with E-state index < -0.39 is 11.7 Å².